The van der Waals surface area contributed by atoms with Gasteiger partial charge in [0.15, 0.2) is 13.2 Å². The molecule has 0 saturated heterocycles. The van der Waals surface area contributed by atoms with Crippen LogP contribution in [0.2, 0.25) is 0 Å². The summed E-state index contributed by atoms with van der Waals surface area (Å²) in [5.74, 6) is -1.14. The number of esters is 1. The molecule has 26 heavy (non-hydrogen) atoms. The van der Waals surface area contributed by atoms with Gasteiger partial charge in [-0.2, -0.15) is 5.26 Å². The van der Waals surface area contributed by atoms with Crippen molar-refractivity contribution in [3.8, 4) is 11.8 Å². The van der Waals surface area contributed by atoms with Gasteiger partial charge in [0.1, 0.15) is 11.8 Å². The minimum absolute atomic E-state index is 0.0793. The van der Waals surface area contributed by atoms with Gasteiger partial charge >= 0.3 is 5.97 Å². The molecule has 0 aliphatic heterocycles. The molecule has 0 unspecified atom stereocenters. The van der Waals surface area contributed by atoms with Crippen LogP contribution in [0.5, 0.6) is 5.75 Å². The summed E-state index contributed by atoms with van der Waals surface area (Å²) in [4.78, 5) is 38.4. The van der Waals surface area contributed by atoms with E-state index in [2.05, 4.69) is 0 Å². The summed E-state index contributed by atoms with van der Waals surface area (Å²) in [6.07, 6.45) is 0. The van der Waals surface area contributed by atoms with Crippen molar-refractivity contribution < 1.29 is 23.9 Å². The Kier molecular flexibility index (Phi) is 8.64. The SMILES string of the molecule is CCN(CC)C(=O)CN(C)C(=O)COC(=O)COc1ccccc1C#N. The molecule has 1 rings (SSSR count). The van der Waals surface area contributed by atoms with Gasteiger partial charge in [0.2, 0.25) is 5.91 Å². The van der Waals surface area contributed by atoms with E-state index >= 15 is 0 Å². The van der Waals surface area contributed by atoms with E-state index in [1.165, 1.54) is 11.9 Å². The molecule has 0 bridgehead atoms. The van der Waals surface area contributed by atoms with Crippen molar-refractivity contribution in [1.29, 1.82) is 5.26 Å². The van der Waals surface area contributed by atoms with Gasteiger partial charge in [-0.15, -0.1) is 0 Å². The van der Waals surface area contributed by atoms with Gasteiger partial charge in [0, 0.05) is 20.1 Å². The topological polar surface area (TPSA) is 99.9 Å². The standard InChI is InChI=1S/C18H23N3O5/c1-4-21(5-2)16(22)11-20(3)17(23)12-26-18(24)13-25-15-9-7-6-8-14(15)10-19/h6-9H,4-5,11-13H2,1-3H3. The molecule has 0 spiro atoms. The van der Waals surface area contributed by atoms with Gasteiger partial charge in [0.25, 0.3) is 5.91 Å². The molecule has 2 amide bonds. The Hall–Kier alpha value is -3.08. The number of hydrogen-bond acceptors (Lipinski definition) is 6. The van der Waals surface area contributed by atoms with E-state index in [4.69, 9.17) is 14.7 Å². The highest BCUT2D eigenvalue weighted by Crippen LogP contribution is 2.16. The molecule has 0 heterocycles. The van der Waals surface area contributed by atoms with Crippen LogP contribution < -0.4 is 4.74 Å². The number of hydrogen-bond donors (Lipinski definition) is 0. The minimum atomic E-state index is -0.741. The van der Waals surface area contributed by atoms with Gasteiger partial charge in [0.05, 0.1) is 12.1 Å². The van der Waals surface area contributed by atoms with Crippen LogP contribution in [0.3, 0.4) is 0 Å². The molecule has 140 valence electrons. The van der Waals surface area contributed by atoms with Crippen molar-refractivity contribution in [2.45, 2.75) is 13.8 Å². The maximum atomic E-state index is 12.0. The van der Waals surface area contributed by atoms with E-state index in [0.717, 1.165) is 0 Å². The number of ether oxygens (including phenoxy) is 2. The van der Waals surface area contributed by atoms with Crippen LogP contribution in [-0.4, -0.2) is 67.5 Å². The molecule has 0 saturated carbocycles. The molecular formula is C18H23N3O5. The highest BCUT2D eigenvalue weighted by Gasteiger charge is 2.18. The van der Waals surface area contributed by atoms with E-state index in [9.17, 15) is 14.4 Å². The second-order valence-electron chi connectivity index (χ2n) is 5.37. The Morgan fingerprint density at radius 2 is 1.73 bits per heavy atom. The lowest BCUT2D eigenvalue weighted by atomic mass is 10.2. The highest BCUT2D eigenvalue weighted by atomic mass is 16.6. The maximum absolute atomic E-state index is 12.0. The van der Waals surface area contributed by atoms with E-state index in [-0.39, 0.29) is 18.2 Å². The summed E-state index contributed by atoms with van der Waals surface area (Å²) in [5.41, 5.74) is 0.297. The molecule has 1 aromatic rings. The molecule has 0 aliphatic carbocycles. The second kappa shape index (κ2) is 10.7. The summed E-state index contributed by atoms with van der Waals surface area (Å²) in [5, 5.41) is 8.94. The van der Waals surface area contributed by atoms with E-state index < -0.39 is 25.1 Å². The Bertz CT molecular complexity index is 680. The van der Waals surface area contributed by atoms with Gasteiger partial charge in [-0.3, -0.25) is 9.59 Å². The Morgan fingerprint density at radius 1 is 1.08 bits per heavy atom. The predicted molar refractivity (Wildman–Crippen MR) is 93.2 cm³/mol. The molecule has 0 aliphatic rings. The first-order valence-corrected chi connectivity index (χ1v) is 8.22. The maximum Gasteiger partial charge on any atom is 0.344 e. The smallest absolute Gasteiger partial charge is 0.344 e. The number of amides is 2. The minimum Gasteiger partial charge on any atom is -0.481 e. The Labute approximate surface area is 152 Å². The molecule has 0 fully saturated rings. The van der Waals surface area contributed by atoms with E-state index in [1.807, 2.05) is 19.9 Å². The van der Waals surface area contributed by atoms with Crippen molar-refractivity contribution in [2.24, 2.45) is 0 Å². The number of rotatable bonds is 9. The van der Waals surface area contributed by atoms with Gasteiger partial charge in [-0.1, -0.05) is 12.1 Å². The van der Waals surface area contributed by atoms with Crippen LogP contribution in [0.15, 0.2) is 24.3 Å². The second-order valence-corrected chi connectivity index (χ2v) is 5.37. The van der Waals surface area contributed by atoms with Crippen molar-refractivity contribution >= 4 is 17.8 Å². The molecule has 8 heteroatoms. The lowest BCUT2D eigenvalue weighted by Gasteiger charge is -2.23. The summed E-state index contributed by atoms with van der Waals surface area (Å²) < 4.78 is 10.1. The zero-order valence-corrected chi connectivity index (χ0v) is 15.2. The normalized spacial score (nSPS) is 9.77. The van der Waals surface area contributed by atoms with Gasteiger partial charge in [-0.05, 0) is 26.0 Å². The summed E-state index contributed by atoms with van der Waals surface area (Å²) in [6.45, 7) is 3.86. The molecule has 0 radical (unpaired) electrons. The Morgan fingerprint density at radius 3 is 2.35 bits per heavy atom. The van der Waals surface area contributed by atoms with Crippen LogP contribution in [0, 0.1) is 11.3 Å². The number of benzene rings is 1. The number of nitriles is 1. The van der Waals surface area contributed by atoms with Crippen LogP contribution in [0.1, 0.15) is 19.4 Å². The number of carbonyl (C=O) groups is 3. The van der Waals surface area contributed by atoms with Crippen molar-refractivity contribution in [3.63, 3.8) is 0 Å². The molecule has 0 atom stereocenters. The molecule has 0 N–H and O–H groups in total. The van der Waals surface area contributed by atoms with Crippen LogP contribution in [-0.2, 0) is 19.1 Å². The number of para-hydroxylation sites is 1. The zero-order valence-electron chi connectivity index (χ0n) is 15.2. The monoisotopic (exact) mass is 361 g/mol. The highest BCUT2D eigenvalue weighted by molar-refractivity contribution is 5.86. The zero-order chi connectivity index (χ0) is 19.5. The van der Waals surface area contributed by atoms with Crippen molar-refractivity contribution in [3.05, 3.63) is 29.8 Å². The molecule has 1 aromatic carbocycles. The lowest BCUT2D eigenvalue weighted by molar-refractivity contribution is -0.154. The molecular weight excluding hydrogens is 338 g/mol. The van der Waals surface area contributed by atoms with Crippen molar-refractivity contribution in [1.82, 2.24) is 9.80 Å². The third kappa shape index (κ3) is 6.43. The molecule has 0 aromatic heterocycles. The first-order chi connectivity index (χ1) is 12.4. The van der Waals surface area contributed by atoms with Crippen molar-refractivity contribution in [2.75, 3.05) is 39.9 Å². The lowest BCUT2D eigenvalue weighted by Crippen LogP contribution is -2.42. The fourth-order valence-electron chi connectivity index (χ4n) is 2.08. The van der Waals surface area contributed by atoms with Crippen LogP contribution in [0.25, 0.3) is 0 Å². The van der Waals surface area contributed by atoms with E-state index in [1.54, 1.807) is 29.2 Å². The largest absolute Gasteiger partial charge is 0.481 e. The fraction of sp³-hybridized carbons (Fsp3) is 0.444. The van der Waals surface area contributed by atoms with Gasteiger partial charge < -0.3 is 19.3 Å². The first-order valence-electron chi connectivity index (χ1n) is 8.22. The number of carbonyl (C=O) groups excluding carboxylic acids is 3. The molecule has 8 nitrogen and oxygen atoms in total. The van der Waals surface area contributed by atoms with Crippen LogP contribution >= 0.6 is 0 Å². The first kappa shape index (κ1) is 21.0. The third-order valence-electron chi connectivity index (χ3n) is 3.62. The Balaban J connectivity index is 2.40. The summed E-state index contributed by atoms with van der Waals surface area (Å²) in [6, 6.07) is 8.42. The summed E-state index contributed by atoms with van der Waals surface area (Å²) >= 11 is 0. The summed E-state index contributed by atoms with van der Waals surface area (Å²) in [7, 11) is 1.47. The van der Waals surface area contributed by atoms with Gasteiger partial charge in [-0.25, -0.2) is 4.79 Å². The fourth-order valence-corrected chi connectivity index (χ4v) is 2.08. The average Bonchev–Trinajstić information content (AvgIpc) is 2.65. The number of nitrogens with zero attached hydrogens (tertiary/aromatic N) is 3. The predicted octanol–water partition coefficient (Wildman–Crippen LogP) is 0.807. The number of likely N-dealkylation sites (N-methyl/N-ethyl adjacent to an activating group) is 2. The third-order valence-corrected chi connectivity index (χ3v) is 3.62. The quantitative estimate of drug-likeness (QED) is 0.603. The van der Waals surface area contributed by atoms with Crippen LogP contribution in [0.4, 0.5) is 0 Å². The van der Waals surface area contributed by atoms with E-state index in [0.29, 0.717) is 18.7 Å². The average molecular weight is 361 g/mol.